The fourth-order valence-electron chi connectivity index (χ4n) is 3.75. The van der Waals surface area contributed by atoms with Gasteiger partial charge in [-0.1, -0.05) is 0 Å². The lowest BCUT2D eigenvalue weighted by atomic mass is 9.77. The van der Waals surface area contributed by atoms with Crippen molar-refractivity contribution in [3.05, 3.63) is 22.9 Å². The minimum atomic E-state index is -0.185. The van der Waals surface area contributed by atoms with Gasteiger partial charge in [0.05, 0.1) is 15.6 Å². The van der Waals surface area contributed by atoms with E-state index in [9.17, 15) is 8.68 Å². The quantitative estimate of drug-likeness (QED) is 0.842. The Morgan fingerprint density at radius 3 is 2.78 bits per heavy atom. The third kappa shape index (κ3) is 2.34. The van der Waals surface area contributed by atoms with Gasteiger partial charge >= 0.3 is 0 Å². The molecular weight excluding hydrogens is 383 g/mol. The van der Waals surface area contributed by atoms with Gasteiger partial charge in [0.1, 0.15) is 0 Å². The van der Waals surface area contributed by atoms with E-state index in [1.54, 1.807) is 12.4 Å². The monoisotopic (exact) mass is 398 g/mol. The number of anilines is 1. The van der Waals surface area contributed by atoms with Crippen molar-refractivity contribution in [3.63, 3.8) is 0 Å². The van der Waals surface area contributed by atoms with Crippen molar-refractivity contribution in [3.8, 4) is 0 Å². The summed E-state index contributed by atoms with van der Waals surface area (Å²) in [5.74, 6) is 0.205. The highest BCUT2D eigenvalue weighted by Crippen LogP contribution is 2.42. The van der Waals surface area contributed by atoms with Crippen LogP contribution in [0.25, 0.3) is 11.0 Å². The molecule has 2 aromatic rings. The van der Waals surface area contributed by atoms with Gasteiger partial charge in [-0.25, -0.2) is 8.96 Å². The van der Waals surface area contributed by atoms with Crippen LogP contribution in [0.3, 0.4) is 0 Å². The summed E-state index contributed by atoms with van der Waals surface area (Å²) in [5, 5.41) is 3.89. The lowest BCUT2D eigenvalue weighted by Crippen LogP contribution is -2.44. The second-order valence-corrected chi connectivity index (χ2v) is 7.56. The maximum absolute atomic E-state index is 13.0. The molecule has 2 aliphatic rings. The van der Waals surface area contributed by atoms with Crippen molar-refractivity contribution in [2.24, 2.45) is 5.41 Å². The Kier molecular flexibility index (Phi) is 3.76. The van der Waals surface area contributed by atoms with Crippen LogP contribution in [0.4, 0.5) is 9.57 Å². The molecule has 1 amide bonds. The molecule has 0 aromatic carbocycles. The van der Waals surface area contributed by atoms with Gasteiger partial charge in [0.25, 0.3) is 0 Å². The smallest absolute Gasteiger partial charge is 0.226 e. The van der Waals surface area contributed by atoms with Crippen LogP contribution in [0.1, 0.15) is 19.3 Å². The molecule has 2 aliphatic heterocycles. The molecule has 0 unspecified atom stereocenters. The summed E-state index contributed by atoms with van der Waals surface area (Å²) in [6.45, 7) is 2.43. The molecule has 0 saturated carbocycles. The maximum atomic E-state index is 13.0. The summed E-state index contributed by atoms with van der Waals surface area (Å²) < 4.78 is 15.3. The summed E-state index contributed by atoms with van der Waals surface area (Å²) in [7, 11) is 0. The number of nitrogens with zero attached hydrogens (tertiary/aromatic N) is 3. The number of halogens is 2. The zero-order chi connectivity index (χ0) is 16.0. The van der Waals surface area contributed by atoms with Crippen LogP contribution >= 0.6 is 28.3 Å². The molecule has 4 heterocycles. The number of amides is 1. The van der Waals surface area contributed by atoms with E-state index in [1.165, 1.54) is 3.97 Å². The first-order valence-corrected chi connectivity index (χ1v) is 9.09. The Hall–Kier alpha value is -1.28. The van der Waals surface area contributed by atoms with E-state index in [2.05, 4.69) is 31.1 Å². The standard InChI is InChI=1S/C15H16BrFN4OS/c16-11-9-19-13-10(1-6-21(13)23-17)12(11)20-7-3-15(4-8-20)2-5-18-14(15)22/h1,6,9H,2-5,7-8H2,(H,18,22). The van der Waals surface area contributed by atoms with E-state index in [0.29, 0.717) is 5.65 Å². The summed E-state index contributed by atoms with van der Waals surface area (Å²) in [6, 6.07) is 1.89. The fourth-order valence-corrected chi connectivity index (χ4v) is 4.64. The molecule has 2 aromatic heterocycles. The van der Waals surface area contributed by atoms with E-state index in [1.807, 2.05) is 6.07 Å². The normalized spacial score (nSPS) is 20.4. The number of aromatic nitrogens is 2. The largest absolute Gasteiger partial charge is 0.370 e. The Morgan fingerprint density at radius 1 is 1.35 bits per heavy atom. The summed E-state index contributed by atoms with van der Waals surface area (Å²) in [6.07, 6.45) is 6.05. The van der Waals surface area contributed by atoms with Crippen molar-refractivity contribution >= 4 is 50.9 Å². The van der Waals surface area contributed by atoms with Gasteiger partial charge in [0, 0.05) is 37.4 Å². The number of hydrogen-bond acceptors (Lipinski definition) is 4. The van der Waals surface area contributed by atoms with Crippen LogP contribution in [-0.4, -0.2) is 34.5 Å². The zero-order valence-electron chi connectivity index (χ0n) is 12.4. The second kappa shape index (κ2) is 5.66. The average molecular weight is 399 g/mol. The lowest BCUT2D eigenvalue weighted by Gasteiger charge is -2.39. The molecule has 1 spiro atoms. The first kappa shape index (κ1) is 15.3. The van der Waals surface area contributed by atoms with E-state index >= 15 is 0 Å². The Balaban J connectivity index is 1.67. The van der Waals surface area contributed by atoms with Gasteiger partial charge in [0.2, 0.25) is 5.91 Å². The molecule has 8 heteroatoms. The van der Waals surface area contributed by atoms with Crippen molar-refractivity contribution in [2.45, 2.75) is 19.3 Å². The average Bonchev–Trinajstić information content (AvgIpc) is 3.13. The summed E-state index contributed by atoms with van der Waals surface area (Å²) >= 11 is 3.73. The fraction of sp³-hybridized carbons (Fsp3) is 0.467. The predicted octanol–water partition coefficient (Wildman–Crippen LogP) is 3.29. The molecule has 1 N–H and O–H groups in total. The molecule has 23 heavy (non-hydrogen) atoms. The van der Waals surface area contributed by atoms with Crippen LogP contribution in [0.2, 0.25) is 0 Å². The number of fused-ring (bicyclic) bond motifs is 1. The van der Waals surface area contributed by atoms with E-state index < -0.39 is 0 Å². The number of carbonyl (C=O) groups excluding carboxylic acids is 1. The number of piperidine rings is 1. The van der Waals surface area contributed by atoms with Gasteiger partial charge in [-0.15, -0.1) is 3.89 Å². The number of carbonyl (C=O) groups is 1. The number of hydrogen-bond donors (Lipinski definition) is 1. The second-order valence-electron chi connectivity index (χ2n) is 6.18. The minimum Gasteiger partial charge on any atom is -0.370 e. The third-order valence-electron chi connectivity index (χ3n) is 5.09. The first-order valence-electron chi connectivity index (χ1n) is 7.62. The Labute approximate surface area is 146 Å². The van der Waals surface area contributed by atoms with Gasteiger partial charge in [0.15, 0.2) is 18.0 Å². The van der Waals surface area contributed by atoms with Crippen molar-refractivity contribution < 1.29 is 8.68 Å². The van der Waals surface area contributed by atoms with E-state index in [4.69, 9.17) is 0 Å². The first-order chi connectivity index (χ1) is 11.1. The van der Waals surface area contributed by atoms with Crippen LogP contribution in [0.15, 0.2) is 22.9 Å². The number of pyridine rings is 1. The third-order valence-corrected chi connectivity index (χ3v) is 6.11. The van der Waals surface area contributed by atoms with Crippen LogP contribution < -0.4 is 10.2 Å². The molecule has 0 aliphatic carbocycles. The lowest BCUT2D eigenvalue weighted by molar-refractivity contribution is -0.128. The molecule has 0 radical (unpaired) electrons. The van der Waals surface area contributed by atoms with Crippen molar-refractivity contribution in [1.29, 1.82) is 0 Å². The van der Waals surface area contributed by atoms with Crippen molar-refractivity contribution in [2.75, 3.05) is 24.5 Å². The van der Waals surface area contributed by atoms with E-state index in [-0.39, 0.29) is 23.7 Å². The molecule has 122 valence electrons. The summed E-state index contributed by atoms with van der Waals surface area (Å²) in [5.41, 5.74) is 1.47. The Morgan fingerprint density at radius 2 is 2.13 bits per heavy atom. The topological polar surface area (TPSA) is 50.2 Å². The maximum Gasteiger partial charge on any atom is 0.226 e. The highest BCUT2D eigenvalue weighted by molar-refractivity contribution is 9.10. The zero-order valence-corrected chi connectivity index (χ0v) is 14.8. The molecule has 2 saturated heterocycles. The number of nitrogens with one attached hydrogen (secondary N) is 1. The molecule has 0 atom stereocenters. The van der Waals surface area contributed by atoms with Gasteiger partial charge < -0.3 is 10.2 Å². The summed E-state index contributed by atoms with van der Waals surface area (Å²) in [4.78, 5) is 18.7. The molecule has 5 nitrogen and oxygen atoms in total. The van der Waals surface area contributed by atoms with Gasteiger partial charge in [-0.2, -0.15) is 0 Å². The Bertz CT molecular complexity index is 772. The molecule has 0 bridgehead atoms. The number of rotatable bonds is 2. The highest BCUT2D eigenvalue weighted by Gasteiger charge is 2.44. The van der Waals surface area contributed by atoms with Crippen molar-refractivity contribution in [1.82, 2.24) is 14.3 Å². The minimum absolute atomic E-state index is 0.149. The van der Waals surface area contributed by atoms with Gasteiger partial charge in [-0.3, -0.25) is 4.79 Å². The SMILES string of the molecule is O=C1NCCC12CCN(c1c(Br)cnc3c1ccn3SF)CC2. The van der Waals surface area contributed by atoms with Gasteiger partial charge in [-0.05, 0) is 41.3 Å². The predicted molar refractivity (Wildman–Crippen MR) is 93.0 cm³/mol. The molecule has 2 fully saturated rings. The van der Waals surface area contributed by atoms with Crippen LogP contribution in [0.5, 0.6) is 0 Å². The molecular formula is C15H16BrFN4OS. The highest BCUT2D eigenvalue weighted by atomic mass is 79.9. The molecule has 4 rings (SSSR count). The van der Waals surface area contributed by atoms with Crippen LogP contribution in [-0.2, 0) is 4.79 Å². The van der Waals surface area contributed by atoms with E-state index in [0.717, 1.165) is 54.4 Å². The van der Waals surface area contributed by atoms with Crippen LogP contribution in [0, 0.1) is 5.41 Å².